The summed E-state index contributed by atoms with van der Waals surface area (Å²) in [6, 6.07) is 0.750. The molecule has 3 N–H and O–H groups in total. The molecule has 0 radical (unpaired) electrons. The second-order valence-electron chi connectivity index (χ2n) is 3.98. The Balaban J connectivity index is 2.25. The predicted molar refractivity (Wildman–Crippen MR) is 70.9 cm³/mol. The van der Waals surface area contributed by atoms with Crippen LogP contribution in [0.1, 0.15) is 10.7 Å². The Morgan fingerprint density at radius 1 is 1.37 bits per heavy atom. The molecule has 19 heavy (non-hydrogen) atoms. The summed E-state index contributed by atoms with van der Waals surface area (Å²) in [5, 5.41) is 2.82. The lowest BCUT2D eigenvalue weighted by Crippen LogP contribution is -2.21. The molecule has 5 nitrogen and oxygen atoms in total. The van der Waals surface area contributed by atoms with Crippen LogP contribution in [0.4, 0.5) is 20.4 Å². The Morgan fingerprint density at radius 3 is 2.68 bits per heavy atom. The van der Waals surface area contributed by atoms with E-state index in [1.807, 2.05) is 12.3 Å². The minimum atomic E-state index is -0.832. The Morgan fingerprint density at radius 2 is 2.11 bits per heavy atom. The zero-order valence-electron chi connectivity index (χ0n) is 10.4. The van der Waals surface area contributed by atoms with Crippen molar-refractivity contribution in [2.45, 2.75) is 13.5 Å². The lowest BCUT2D eigenvalue weighted by atomic mass is 10.3. The van der Waals surface area contributed by atoms with Gasteiger partial charge in [0.05, 0.1) is 17.2 Å². The maximum Gasteiger partial charge on any atom is 0.178 e. The van der Waals surface area contributed by atoms with Crippen LogP contribution in [0.2, 0.25) is 0 Å². The summed E-state index contributed by atoms with van der Waals surface area (Å²) in [6.07, 6.45) is 0. The molecule has 2 heterocycles. The highest BCUT2D eigenvalue weighted by Crippen LogP contribution is 2.22. The number of rotatable bonds is 4. The Labute approximate surface area is 113 Å². The van der Waals surface area contributed by atoms with Gasteiger partial charge < -0.3 is 10.3 Å². The highest BCUT2D eigenvalue weighted by molar-refractivity contribution is 7.09. The van der Waals surface area contributed by atoms with Crippen molar-refractivity contribution in [1.82, 2.24) is 9.97 Å². The number of aryl methyl sites for hydroxylation is 1. The molecule has 0 atom stereocenters. The van der Waals surface area contributed by atoms with E-state index in [2.05, 4.69) is 15.4 Å². The Bertz CT molecular complexity index is 586. The third kappa shape index (κ3) is 2.96. The van der Waals surface area contributed by atoms with Crippen molar-refractivity contribution in [3.8, 4) is 0 Å². The minimum Gasteiger partial charge on any atom is -0.351 e. The van der Waals surface area contributed by atoms with E-state index in [1.54, 1.807) is 11.9 Å². The van der Waals surface area contributed by atoms with E-state index in [0.29, 0.717) is 6.54 Å². The molecule has 2 aromatic rings. The van der Waals surface area contributed by atoms with Crippen molar-refractivity contribution in [2.75, 3.05) is 17.4 Å². The van der Waals surface area contributed by atoms with Gasteiger partial charge in [-0.05, 0) is 6.92 Å². The summed E-state index contributed by atoms with van der Waals surface area (Å²) in [5.41, 5.74) is 2.90. The van der Waals surface area contributed by atoms with Crippen molar-refractivity contribution in [2.24, 2.45) is 5.84 Å². The quantitative estimate of drug-likeness (QED) is 0.665. The second-order valence-corrected chi connectivity index (χ2v) is 5.04. The number of nitrogens with one attached hydrogen (secondary N) is 1. The third-order valence-corrected chi connectivity index (χ3v) is 3.30. The van der Waals surface area contributed by atoms with Crippen LogP contribution in [0, 0.1) is 18.6 Å². The number of nitrogens with zero attached hydrogens (tertiary/aromatic N) is 3. The molecule has 0 aromatic carbocycles. The molecule has 2 aromatic heterocycles. The Kier molecular flexibility index (Phi) is 3.91. The van der Waals surface area contributed by atoms with Gasteiger partial charge in [-0.1, -0.05) is 0 Å². The maximum atomic E-state index is 13.7. The largest absolute Gasteiger partial charge is 0.351 e. The number of nitrogens with two attached hydrogens (primary N) is 1. The average molecular weight is 285 g/mol. The van der Waals surface area contributed by atoms with Crippen LogP contribution < -0.4 is 16.2 Å². The third-order valence-electron chi connectivity index (χ3n) is 2.48. The van der Waals surface area contributed by atoms with Gasteiger partial charge in [-0.2, -0.15) is 0 Å². The number of hydrogen-bond acceptors (Lipinski definition) is 6. The summed E-state index contributed by atoms with van der Waals surface area (Å²) in [6.45, 7) is 2.27. The SMILES string of the molecule is Cc1nc(CN(C)c2nc(NN)c(F)cc2F)cs1. The molecule has 0 fully saturated rings. The monoisotopic (exact) mass is 285 g/mol. The van der Waals surface area contributed by atoms with Crippen molar-refractivity contribution in [3.63, 3.8) is 0 Å². The molecular weight excluding hydrogens is 272 g/mol. The van der Waals surface area contributed by atoms with Crippen molar-refractivity contribution >= 4 is 23.0 Å². The standard InChI is InChI=1S/C11H13F2N5S/c1-6-15-7(5-19-6)4-18(2)11-9(13)3-8(12)10(16-11)17-14/h3,5H,4,14H2,1-2H3,(H,16,17). The van der Waals surface area contributed by atoms with Crippen molar-refractivity contribution < 1.29 is 8.78 Å². The fourth-order valence-corrected chi connectivity index (χ4v) is 2.23. The lowest BCUT2D eigenvalue weighted by molar-refractivity contribution is 0.572. The zero-order chi connectivity index (χ0) is 14.0. The molecule has 0 bridgehead atoms. The van der Waals surface area contributed by atoms with Gasteiger partial charge in [-0.15, -0.1) is 11.3 Å². The summed E-state index contributed by atoms with van der Waals surface area (Å²) in [5.74, 6) is 3.36. The van der Waals surface area contributed by atoms with Gasteiger partial charge in [-0.25, -0.2) is 24.6 Å². The van der Waals surface area contributed by atoms with Gasteiger partial charge in [0.25, 0.3) is 0 Å². The molecular formula is C11H13F2N5S. The van der Waals surface area contributed by atoms with E-state index < -0.39 is 11.6 Å². The number of pyridine rings is 1. The molecule has 0 amide bonds. The highest BCUT2D eigenvalue weighted by Gasteiger charge is 2.15. The number of halogens is 2. The van der Waals surface area contributed by atoms with E-state index in [-0.39, 0.29) is 11.6 Å². The van der Waals surface area contributed by atoms with E-state index in [4.69, 9.17) is 5.84 Å². The van der Waals surface area contributed by atoms with Crippen LogP contribution in [-0.2, 0) is 6.54 Å². The van der Waals surface area contributed by atoms with E-state index >= 15 is 0 Å². The van der Waals surface area contributed by atoms with Crippen LogP contribution >= 0.6 is 11.3 Å². The number of anilines is 2. The Hall–Kier alpha value is -1.80. The highest BCUT2D eigenvalue weighted by atomic mass is 32.1. The fraction of sp³-hybridized carbons (Fsp3) is 0.273. The first-order valence-corrected chi connectivity index (χ1v) is 6.34. The average Bonchev–Trinajstić information content (AvgIpc) is 2.74. The first kappa shape index (κ1) is 13.6. The molecule has 0 saturated heterocycles. The molecule has 102 valence electrons. The number of nitrogen functional groups attached to an aromatic ring is 1. The normalized spacial score (nSPS) is 10.6. The molecule has 0 aliphatic heterocycles. The van der Waals surface area contributed by atoms with Crippen molar-refractivity contribution in [1.29, 1.82) is 0 Å². The molecule has 0 aliphatic rings. The smallest absolute Gasteiger partial charge is 0.178 e. The van der Waals surface area contributed by atoms with Gasteiger partial charge in [0, 0.05) is 18.5 Å². The number of thiazole rings is 1. The minimum absolute atomic E-state index is 0.0139. The fourth-order valence-electron chi connectivity index (χ4n) is 1.62. The molecule has 0 unspecified atom stereocenters. The van der Waals surface area contributed by atoms with E-state index in [9.17, 15) is 8.78 Å². The van der Waals surface area contributed by atoms with E-state index in [0.717, 1.165) is 16.8 Å². The lowest BCUT2D eigenvalue weighted by Gasteiger charge is -2.18. The molecule has 0 spiro atoms. The molecule has 0 aliphatic carbocycles. The predicted octanol–water partition coefficient (Wildman–Crippen LogP) is 2.05. The molecule has 0 saturated carbocycles. The summed E-state index contributed by atoms with van der Waals surface area (Å²) in [7, 11) is 1.65. The second kappa shape index (κ2) is 5.45. The number of hydrazine groups is 1. The zero-order valence-corrected chi connectivity index (χ0v) is 11.3. The summed E-state index contributed by atoms with van der Waals surface area (Å²) in [4.78, 5) is 9.63. The van der Waals surface area contributed by atoms with Crippen molar-refractivity contribution in [3.05, 3.63) is 33.8 Å². The van der Waals surface area contributed by atoms with Gasteiger partial charge in [-0.3, -0.25) is 0 Å². The van der Waals surface area contributed by atoms with Crippen LogP contribution in [-0.4, -0.2) is 17.0 Å². The van der Waals surface area contributed by atoms with Crippen LogP contribution in [0.25, 0.3) is 0 Å². The van der Waals surface area contributed by atoms with Crippen LogP contribution in [0.15, 0.2) is 11.4 Å². The summed E-state index contributed by atoms with van der Waals surface area (Å²) < 4.78 is 26.9. The first-order valence-electron chi connectivity index (χ1n) is 5.46. The molecule has 2 rings (SSSR count). The first-order chi connectivity index (χ1) is 9.01. The maximum absolute atomic E-state index is 13.7. The van der Waals surface area contributed by atoms with Gasteiger partial charge in [0.1, 0.15) is 0 Å². The molecule has 8 heteroatoms. The van der Waals surface area contributed by atoms with Crippen LogP contribution in [0.5, 0.6) is 0 Å². The van der Waals surface area contributed by atoms with Gasteiger partial charge >= 0.3 is 0 Å². The van der Waals surface area contributed by atoms with Gasteiger partial charge in [0.15, 0.2) is 23.3 Å². The number of aromatic nitrogens is 2. The topological polar surface area (TPSA) is 67.1 Å². The summed E-state index contributed by atoms with van der Waals surface area (Å²) >= 11 is 1.51. The van der Waals surface area contributed by atoms with E-state index in [1.165, 1.54) is 11.3 Å². The number of hydrogen-bond donors (Lipinski definition) is 2. The van der Waals surface area contributed by atoms with Crippen LogP contribution in [0.3, 0.4) is 0 Å². The van der Waals surface area contributed by atoms with Gasteiger partial charge in [0.2, 0.25) is 0 Å².